The first-order valence-corrected chi connectivity index (χ1v) is 9.25. The molecule has 2 aliphatic rings. The summed E-state index contributed by atoms with van der Waals surface area (Å²) in [5, 5.41) is 0. The highest BCUT2D eigenvalue weighted by molar-refractivity contribution is 4.74. The maximum Gasteiger partial charge on any atom is 0.0110 e. The number of piperidine rings is 1. The van der Waals surface area contributed by atoms with Gasteiger partial charge in [-0.05, 0) is 58.9 Å². The number of likely N-dealkylation sites (N-methyl/N-ethyl adjacent to an activating group) is 1. The van der Waals surface area contributed by atoms with E-state index in [4.69, 9.17) is 0 Å². The zero-order valence-corrected chi connectivity index (χ0v) is 15.7. The van der Waals surface area contributed by atoms with Crippen molar-refractivity contribution in [2.24, 2.45) is 5.92 Å². The van der Waals surface area contributed by atoms with E-state index in [0.29, 0.717) is 0 Å². The summed E-state index contributed by atoms with van der Waals surface area (Å²) in [7, 11) is 4.48. The van der Waals surface area contributed by atoms with Gasteiger partial charge in [0, 0.05) is 26.2 Å². The summed E-state index contributed by atoms with van der Waals surface area (Å²) in [5.41, 5.74) is 0. The van der Waals surface area contributed by atoms with E-state index in [1.807, 2.05) is 13.8 Å². The molecule has 0 aliphatic carbocycles. The van der Waals surface area contributed by atoms with Gasteiger partial charge in [0.15, 0.2) is 0 Å². The zero-order valence-electron chi connectivity index (χ0n) is 15.7. The average Bonchev–Trinajstić information content (AvgIpc) is 2.51. The van der Waals surface area contributed by atoms with Gasteiger partial charge in [-0.2, -0.15) is 0 Å². The third-order valence-corrected chi connectivity index (χ3v) is 4.29. The smallest absolute Gasteiger partial charge is 0.0110 e. The first kappa shape index (κ1) is 20.9. The van der Waals surface area contributed by atoms with E-state index in [-0.39, 0.29) is 0 Å². The van der Waals surface area contributed by atoms with Crippen molar-refractivity contribution in [3.8, 4) is 0 Å². The zero-order chi connectivity index (χ0) is 16.1. The van der Waals surface area contributed by atoms with Crippen LogP contribution in [0.5, 0.6) is 0 Å². The summed E-state index contributed by atoms with van der Waals surface area (Å²) in [6, 6.07) is 0. The van der Waals surface area contributed by atoms with Gasteiger partial charge in [-0.3, -0.25) is 0 Å². The van der Waals surface area contributed by atoms with E-state index < -0.39 is 0 Å². The normalized spacial score (nSPS) is 22.0. The van der Waals surface area contributed by atoms with Crippen LogP contribution in [0.4, 0.5) is 0 Å². The molecule has 0 bridgehead atoms. The van der Waals surface area contributed by atoms with Crippen molar-refractivity contribution >= 4 is 0 Å². The molecule has 21 heavy (non-hydrogen) atoms. The Balaban J connectivity index is 0.000000713. The fraction of sp³-hybridized carbons (Fsp3) is 1.00. The van der Waals surface area contributed by atoms with E-state index in [0.717, 1.165) is 5.92 Å². The summed E-state index contributed by atoms with van der Waals surface area (Å²) < 4.78 is 0. The Morgan fingerprint density at radius 1 is 0.762 bits per heavy atom. The van der Waals surface area contributed by atoms with E-state index in [9.17, 15) is 0 Å². The van der Waals surface area contributed by atoms with Crippen LogP contribution in [-0.2, 0) is 0 Å². The minimum Gasteiger partial charge on any atom is -0.306 e. The minimum atomic E-state index is 0.996. The predicted octanol–water partition coefficient (Wildman–Crippen LogP) is 3.41. The lowest BCUT2D eigenvalue weighted by Gasteiger charge is -2.34. The summed E-state index contributed by atoms with van der Waals surface area (Å²) in [6.07, 6.45) is 5.52. The van der Waals surface area contributed by atoms with Crippen LogP contribution in [-0.4, -0.2) is 74.6 Å². The topological polar surface area (TPSA) is 9.72 Å². The van der Waals surface area contributed by atoms with Gasteiger partial charge >= 0.3 is 0 Å². The molecule has 0 amide bonds. The van der Waals surface area contributed by atoms with Crippen LogP contribution in [0, 0.1) is 5.92 Å². The van der Waals surface area contributed by atoms with Crippen LogP contribution in [0.25, 0.3) is 0 Å². The Bertz CT molecular complexity index is 183. The molecular formula is C18H41N3. The second-order valence-corrected chi connectivity index (χ2v) is 6.39. The molecule has 0 spiro atoms. The van der Waals surface area contributed by atoms with Crippen LogP contribution < -0.4 is 0 Å². The number of hydrogen-bond donors (Lipinski definition) is 0. The van der Waals surface area contributed by atoms with Gasteiger partial charge in [-0.1, -0.05) is 34.1 Å². The van der Waals surface area contributed by atoms with Gasteiger partial charge in [0.05, 0.1) is 0 Å². The van der Waals surface area contributed by atoms with Crippen molar-refractivity contribution in [2.45, 2.75) is 53.4 Å². The number of rotatable bonds is 3. The Labute approximate surface area is 134 Å². The van der Waals surface area contributed by atoms with Crippen molar-refractivity contribution in [3.05, 3.63) is 0 Å². The lowest BCUT2D eigenvalue weighted by atomic mass is 9.93. The largest absolute Gasteiger partial charge is 0.306 e. The summed E-state index contributed by atoms with van der Waals surface area (Å²) in [6.45, 7) is 17.3. The molecule has 0 aromatic rings. The lowest BCUT2D eigenvalue weighted by molar-refractivity contribution is 0.135. The molecule has 2 fully saturated rings. The molecule has 0 aromatic carbocycles. The Morgan fingerprint density at radius 2 is 1.19 bits per heavy atom. The quantitative estimate of drug-likeness (QED) is 0.791. The number of nitrogens with zero attached hydrogens (tertiary/aromatic N) is 3. The minimum absolute atomic E-state index is 0.996. The van der Waals surface area contributed by atoms with E-state index in [1.54, 1.807) is 0 Å². The molecule has 2 saturated heterocycles. The van der Waals surface area contributed by atoms with Gasteiger partial charge in [0.1, 0.15) is 0 Å². The monoisotopic (exact) mass is 299 g/mol. The third kappa shape index (κ3) is 10.3. The van der Waals surface area contributed by atoms with Crippen LogP contribution in [0.15, 0.2) is 0 Å². The SMILES string of the molecule is CC.CCC.CN1CCC(CCN2CCN(C)CC2)CC1. The summed E-state index contributed by atoms with van der Waals surface area (Å²) in [5.74, 6) is 0.996. The third-order valence-electron chi connectivity index (χ3n) is 4.29. The fourth-order valence-electron chi connectivity index (χ4n) is 2.79. The maximum atomic E-state index is 2.65. The molecule has 3 heteroatoms. The predicted molar refractivity (Wildman–Crippen MR) is 96.1 cm³/mol. The lowest BCUT2D eigenvalue weighted by Crippen LogP contribution is -2.45. The highest BCUT2D eigenvalue weighted by atomic mass is 15.2. The van der Waals surface area contributed by atoms with E-state index in [1.165, 1.54) is 71.5 Å². The maximum absolute atomic E-state index is 2.65. The van der Waals surface area contributed by atoms with Crippen LogP contribution in [0.3, 0.4) is 0 Å². The second kappa shape index (κ2) is 13.5. The van der Waals surface area contributed by atoms with Crippen molar-refractivity contribution in [1.82, 2.24) is 14.7 Å². The van der Waals surface area contributed by atoms with Crippen molar-refractivity contribution in [1.29, 1.82) is 0 Å². The number of likely N-dealkylation sites (tertiary alicyclic amines) is 1. The molecular weight excluding hydrogens is 258 g/mol. The van der Waals surface area contributed by atoms with Crippen LogP contribution in [0.2, 0.25) is 0 Å². The highest BCUT2D eigenvalue weighted by Gasteiger charge is 2.19. The van der Waals surface area contributed by atoms with Crippen LogP contribution >= 0.6 is 0 Å². The number of piperazine rings is 1. The first-order chi connectivity index (χ1) is 10.2. The van der Waals surface area contributed by atoms with Crippen molar-refractivity contribution < 1.29 is 0 Å². The molecule has 2 aliphatic heterocycles. The molecule has 0 radical (unpaired) electrons. The molecule has 0 atom stereocenters. The molecule has 0 N–H and O–H groups in total. The fourth-order valence-corrected chi connectivity index (χ4v) is 2.79. The molecule has 2 rings (SSSR count). The Hall–Kier alpha value is -0.120. The highest BCUT2D eigenvalue weighted by Crippen LogP contribution is 2.19. The molecule has 0 unspecified atom stereocenters. The summed E-state index contributed by atoms with van der Waals surface area (Å²) >= 11 is 0. The molecule has 3 nitrogen and oxygen atoms in total. The van der Waals surface area contributed by atoms with Gasteiger partial charge in [-0.25, -0.2) is 0 Å². The first-order valence-electron chi connectivity index (χ1n) is 9.25. The second-order valence-electron chi connectivity index (χ2n) is 6.39. The molecule has 0 aromatic heterocycles. The Morgan fingerprint density at radius 3 is 1.67 bits per heavy atom. The van der Waals surface area contributed by atoms with E-state index in [2.05, 4.69) is 42.6 Å². The number of hydrogen-bond acceptors (Lipinski definition) is 3. The van der Waals surface area contributed by atoms with Gasteiger partial charge < -0.3 is 14.7 Å². The van der Waals surface area contributed by atoms with Crippen molar-refractivity contribution in [2.75, 3.05) is 59.9 Å². The van der Waals surface area contributed by atoms with E-state index >= 15 is 0 Å². The standard InChI is InChI=1S/C13H27N3.C3H8.C2H6/c1-14-6-3-13(4-7-14)5-8-16-11-9-15(2)10-12-16;1-3-2;1-2/h13H,3-12H2,1-2H3;3H2,1-2H3;1-2H3. The Kier molecular flexibility index (Phi) is 13.5. The van der Waals surface area contributed by atoms with Gasteiger partial charge in [0.25, 0.3) is 0 Å². The van der Waals surface area contributed by atoms with Gasteiger partial charge in [-0.15, -0.1) is 0 Å². The average molecular weight is 300 g/mol. The molecule has 2 heterocycles. The van der Waals surface area contributed by atoms with Crippen molar-refractivity contribution in [3.63, 3.8) is 0 Å². The summed E-state index contributed by atoms with van der Waals surface area (Å²) in [4.78, 5) is 7.55. The van der Waals surface area contributed by atoms with Gasteiger partial charge in [0.2, 0.25) is 0 Å². The molecule has 128 valence electrons. The van der Waals surface area contributed by atoms with Crippen LogP contribution in [0.1, 0.15) is 53.4 Å². The molecule has 0 saturated carbocycles.